The summed E-state index contributed by atoms with van der Waals surface area (Å²) in [4.78, 5) is 4.38. The van der Waals surface area contributed by atoms with Crippen LogP contribution in [-0.2, 0) is 12.8 Å². The molecule has 0 amide bonds. The van der Waals surface area contributed by atoms with Crippen molar-refractivity contribution in [3.63, 3.8) is 0 Å². The molecule has 1 aliphatic rings. The molecule has 0 bridgehead atoms. The van der Waals surface area contributed by atoms with Crippen molar-refractivity contribution < 1.29 is 8.91 Å². The van der Waals surface area contributed by atoms with Crippen LogP contribution < -0.4 is 5.32 Å². The summed E-state index contributed by atoms with van der Waals surface area (Å²) in [6.45, 7) is 1.07. The van der Waals surface area contributed by atoms with Crippen LogP contribution in [0.4, 0.5) is 4.39 Å². The molecule has 1 aliphatic heterocycles. The Morgan fingerprint density at radius 3 is 2.89 bits per heavy atom. The van der Waals surface area contributed by atoms with Gasteiger partial charge in [0.15, 0.2) is 5.82 Å². The third kappa shape index (κ3) is 3.17. The summed E-state index contributed by atoms with van der Waals surface area (Å²) in [5, 5.41) is 7.37. The predicted molar refractivity (Wildman–Crippen MR) is 68.2 cm³/mol. The second-order valence-corrected chi connectivity index (χ2v) is 4.90. The van der Waals surface area contributed by atoms with Crippen LogP contribution in [0, 0.1) is 5.82 Å². The van der Waals surface area contributed by atoms with E-state index >= 15 is 0 Å². The van der Waals surface area contributed by atoms with Crippen molar-refractivity contribution in [3.05, 3.63) is 47.4 Å². The Balaban J connectivity index is 1.62. The largest absolute Gasteiger partial charge is 0.339 e. The van der Waals surface area contributed by atoms with E-state index in [4.69, 9.17) is 4.52 Å². The van der Waals surface area contributed by atoms with Gasteiger partial charge in [-0.05, 0) is 37.1 Å². The average Bonchev–Trinajstić information content (AvgIpc) is 3.05. The molecular formula is C14H16FN3O. The topological polar surface area (TPSA) is 51.0 Å². The maximum Gasteiger partial charge on any atom is 0.228 e. The molecule has 4 nitrogen and oxygen atoms in total. The van der Waals surface area contributed by atoms with Crippen molar-refractivity contribution in [1.29, 1.82) is 0 Å². The van der Waals surface area contributed by atoms with E-state index in [1.165, 1.54) is 18.6 Å². The molecule has 1 atom stereocenters. The van der Waals surface area contributed by atoms with E-state index in [-0.39, 0.29) is 5.82 Å². The lowest BCUT2D eigenvalue weighted by molar-refractivity contribution is 0.360. The van der Waals surface area contributed by atoms with Crippen molar-refractivity contribution in [1.82, 2.24) is 15.5 Å². The molecule has 0 saturated carbocycles. The quantitative estimate of drug-likeness (QED) is 0.915. The van der Waals surface area contributed by atoms with E-state index in [1.807, 2.05) is 0 Å². The van der Waals surface area contributed by atoms with Gasteiger partial charge in [-0.2, -0.15) is 4.98 Å². The summed E-state index contributed by atoms with van der Waals surface area (Å²) in [6, 6.07) is 6.82. The first-order valence-corrected chi connectivity index (χ1v) is 6.59. The fourth-order valence-electron chi connectivity index (χ4n) is 2.37. The van der Waals surface area contributed by atoms with Crippen LogP contribution in [0.3, 0.4) is 0 Å². The molecule has 5 heteroatoms. The molecule has 0 radical (unpaired) electrons. The average molecular weight is 261 g/mol. The highest BCUT2D eigenvalue weighted by Gasteiger charge is 2.18. The first kappa shape index (κ1) is 12.3. The lowest BCUT2D eigenvalue weighted by Crippen LogP contribution is -2.23. The molecule has 2 aromatic rings. The van der Waals surface area contributed by atoms with Crippen LogP contribution in [0.25, 0.3) is 0 Å². The van der Waals surface area contributed by atoms with Gasteiger partial charge in [0.25, 0.3) is 0 Å². The minimum atomic E-state index is -0.232. The normalized spacial score (nSPS) is 18.9. The van der Waals surface area contributed by atoms with E-state index in [9.17, 15) is 4.39 Å². The molecule has 3 rings (SSSR count). The van der Waals surface area contributed by atoms with Crippen LogP contribution in [0.5, 0.6) is 0 Å². The standard InChI is InChI=1S/C14H16FN3O/c15-11-5-3-10(4-6-11)8-13-17-14(19-18-13)9-12-2-1-7-16-12/h3-6,12,16H,1-2,7-9H2. The van der Waals surface area contributed by atoms with Crippen molar-refractivity contribution >= 4 is 0 Å². The first-order chi connectivity index (χ1) is 9.29. The summed E-state index contributed by atoms with van der Waals surface area (Å²) in [7, 11) is 0. The summed E-state index contributed by atoms with van der Waals surface area (Å²) in [5.41, 5.74) is 0.979. The van der Waals surface area contributed by atoms with Gasteiger partial charge in [-0.15, -0.1) is 0 Å². The highest BCUT2D eigenvalue weighted by molar-refractivity contribution is 5.19. The van der Waals surface area contributed by atoms with Gasteiger partial charge in [0, 0.05) is 18.9 Å². The third-order valence-corrected chi connectivity index (χ3v) is 3.37. The predicted octanol–water partition coefficient (Wildman–Crippen LogP) is 2.09. The molecule has 1 fully saturated rings. The zero-order valence-electron chi connectivity index (χ0n) is 10.6. The van der Waals surface area contributed by atoms with E-state index in [1.54, 1.807) is 12.1 Å². The van der Waals surface area contributed by atoms with Gasteiger partial charge in [-0.3, -0.25) is 0 Å². The summed E-state index contributed by atoms with van der Waals surface area (Å²) < 4.78 is 18.0. The number of nitrogens with zero attached hydrogens (tertiary/aromatic N) is 2. The van der Waals surface area contributed by atoms with Crippen LogP contribution >= 0.6 is 0 Å². The molecule has 0 spiro atoms. The molecule has 2 heterocycles. The zero-order chi connectivity index (χ0) is 13.1. The highest BCUT2D eigenvalue weighted by atomic mass is 19.1. The molecular weight excluding hydrogens is 245 g/mol. The Hall–Kier alpha value is -1.75. The number of aromatic nitrogens is 2. The van der Waals surface area contributed by atoms with Crippen LogP contribution in [-0.4, -0.2) is 22.7 Å². The van der Waals surface area contributed by atoms with Gasteiger partial charge in [0.2, 0.25) is 5.89 Å². The van der Waals surface area contributed by atoms with Crippen molar-refractivity contribution in [2.24, 2.45) is 0 Å². The Labute approximate surface area is 111 Å². The lowest BCUT2D eigenvalue weighted by Gasteiger charge is -2.04. The first-order valence-electron chi connectivity index (χ1n) is 6.59. The molecule has 19 heavy (non-hydrogen) atoms. The van der Waals surface area contributed by atoms with Crippen LogP contribution in [0.1, 0.15) is 30.1 Å². The van der Waals surface area contributed by atoms with E-state index in [0.717, 1.165) is 24.9 Å². The Morgan fingerprint density at radius 2 is 2.16 bits per heavy atom. The molecule has 0 aliphatic carbocycles. The van der Waals surface area contributed by atoms with Gasteiger partial charge in [-0.25, -0.2) is 4.39 Å². The van der Waals surface area contributed by atoms with Gasteiger partial charge in [0.1, 0.15) is 5.82 Å². The SMILES string of the molecule is Fc1ccc(Cc2noc(CC3CCCN3)n2)cc1. The number of halogens is 1. The number of hydrogen-bond acceptors (Lipinski definition) is 4. The zero-order valence-corrected chi connectivity index (χ0v) is 10.6. The minimum Gasteiger partial charge on any atom is -0.339 e. The molecule has 1 saturated heterocycles. The third-order valence-electron chi connectivity index (χ3n) is 3.37. The summed E-state index contributed by atoms with van der Waals surface area (Å²) in [6.07, 6.45) is 3.73. The summed E-state index contributed by atoms with van der Waals surface area (Å²) in [5.74, 6) is 1.10. The highest BCUT2D eigenvalue weighted by Crippen LogP contribution is 2.12. The smallest absolute Gasteiger partial charge is 0.228 e. The lowest BCUT2D eigenvalue weighted by atomic mass is 10.1. The minimum absolute atomic E-state index is 0.232. The van der Waals surface area contributed by atoms with E-state index in [2.05, 4.69) is 15.5 Å². The Kier molecular flexibility index (Phi) is 3.55. The Bertz CT molecular complexity index is 532. The molecule has 1 aromatic carbocycles. The van der Waals surface area contributed by atoms with E-state index < -0.39 is 0 Å². The second-order valence-electron chi connectivity index (χ2n) is 4.90. The van der Waals surface area contributed by atoms with Crippen molar-refractivity contribution in [2.45, 2.75) is 31.7 Å². The number of rotatable bonds is 4. The number of hydrogen-bond donors (Lipinski definition) is 1. The van der Waals surface area contributed by atoms with Crippen LogP contribution in [0.2, 0.25) is 0 Å². The summed E-state index contributed by atoms with van der Waals surface area (Å²) >= 11 is 0. The molecule has 1 aromatic heterocycles. The molecule has 1 unspecified atom stereocenters. The van der Waals surface area contributed by atoms with Gasteiger partial charge < -0.3 is 9.84 Å². The van der Waals surface area contributed by atoms with Gasteiger partial charge >= 0.3 is 0 Å². The molecule has 1 N–H and O–H groups in total. The molecule has 100 valence electrons. The fraction of sp³-hybridized carbons (Fsp3) is 0.429. The fourth-order valence-corrected chi connectivity index (χ4v) is 2.37. The van der Waals surface area contributed by atoms with Crippen LogP contribution in [0.15, 0.2) is 28.8 Å². The maximum absolute atomic E-state index is 12.8. The second kappa shape index (κ2) is 5.48. The van der Waals surface area contributed by atoms with Gasteiger partial charge in [0.05, 0.1) is 0 Å². The van der Waals surface area contributed by atoms with Gasteiger partial charge in [-0.1, -0.05) is 17.3 Å². The maximum atomic E-state index is 12.8. The Morgan fingerprint density at radius 1 is 1.32 bits per heavy atom. The monoisotopic (exact) mass is 261 g/mol. The van der Waals surface area contributed by atoms with Crippen molar-refractivity contribution in [3.8, 4) is 0 Å². The number of nitrogens with one attached hydrogen (secondary N) is 1. The number of benzene rings is 1. The van der Waals surface area contributed by atoms with Crippen molar-refractivity contribution in [2.75, 3.05) is 6.54 Å². The van der Waals surface area contributed by atoms with E-state index in [0.29, 0.717) is 24.2 Å².